The highest BCUT2D eigenvalue weighted by atomic mass is 16.6. The third-order valence-corrected chi connectivity index (χ3v) is 4.43. The molecule has 0 aromatic heterocycles. The van der Waals surface area contributed by atoms with Gasteiger partial charge in [0, 0.05) is 18.2 Å². The molecule has 2 saturated carbocycles. The maximum Gasteiger partial charge on any atom is 0.292 e. The summed E-state index contributed by atoms with van der Waals surface area (Å²) >= 11 is 0. The summed E-state index contributed by atoms with van der Waals surface area (Å²) in [7, 11) is 0. The Bertz CT molecular complexity index is 594. The van der Waals surface area contributed by atoms with E-state index in [9.17, 15) is 14.9 Å². The number of hydrogen-bond donors (Lipinski definition) is 1. The Morgan fingerprint density at radius 1 is 1.38 bits per heavy atom. The van der Waals surface area contributed by atoms with E-state index >= 15 is 0 Å². The number of carbonyl (C=O) groups is 1. The highest BCUT2D eigenvalue weighted by Gasteiger charge is 2.42. The van der Waals surface area contributed by atoms with Gasteiger partial charge in [-0.25, -0.2) is 0 Å². The van der Waals surface area contributed by atoms with Crippen LogP contribution in [0.3, 0.4) is 0 Å². The molecule has 0 spiro atoms. The highest BCUT2D eigenvalue weighted by Crippen LogP contribution is 2.41. The first-order valence-electron chi connectivity index (χ1n) is 7.36. The van der Waals surface area contributed by atoms with Gasteiger partial charge in [-0.15, -0.1) is 0 Å². The molecule has 1 aromatic rings. The number of nitrogens with two attached hydrogens (primary N) is 1. The van der Waals surface area contributed by atoms with Crippen molar-refractivity contribution in [2.45, 2.75) is 44.7 Å². The third-order valence-electron chi connectivity index (χ3n) is 4.43. The molecule has 2 aliphatic carbocycles. The van der Waals surface area contributed by atoms with Crippen LogP contribution < -0.4 is 5.73 Å². The molecule has 1 amide bonds. The Morgan fingerprint density at radius 3 is 2.57 bits per heavy atom. The van der Waals surface area contributed by atoms with Crippen LogP contribution in [0.25, 0.3) is 0 Å². The van der Waals surface area contributed by atoms with Crippen molar-refractivity contribution < 1.29 is 9.72 Å². The molecule has 1 unspecified atom stereocenters. The van der Waals surface area contributed by atoms with Crippen LogP contribution in [-0.2, 0) is 0 Å². The van der Waals surface area contributed by atoms with E-state index in [-0.39, 0.29) is 34.9 Å². The van der Waals surface area contributed by atoms with Crippen LogP contribution in [0, 0.1) is 16.0 Å². The Kier molecular flexibility index (Phi) is 3.31. The Labute approximate surface area is 123 Å². The van der Waals surface area contributed by atoms with Crippen LogP contribution in [0.15, 0.2) is 18.2 Å². The van der Waals surface area contributed by atoms with E-state index in [4.69, 9.17) is 5.73 Å². The fourth-order valence-corrected chi connectivity index (χ4v) is 2.88. The molecule has 1 atom stereocenters. The van der Waals surface area contributed by atoms with Crippen molar-refractivity contribution in [1.29, 1.82) is 0 Å². The molecule has 3 rings (SSSR count). The molecule has 112 valence electrons. The van der Waals surface area contributed by atoms with Gasteiger partial charge in [-0.1, -0.05) is 6.07 Å². The van der Waals surface area contributed by atoms with Gasteiger partial charge in [-0.05, 0) is 44.6 Å². The summed E-state index contributed by atoms with van der Waals surface area (Å²) in [6, 6.07) is 4.89. The van der Waals surface area contributed by atoms with Crippen LogP contribution >= 0.6 is 0 Å². The molecule has 2 aliphatic rings. The molecule has 0 saturated heterocycles. The molecule has 6 heteroatoms. The summed E-state index contributed by atoms with van der Waals surface area (Å²) in [5.41, 5.74) is 5.87. The second-order valence-corrected chi connectivity index (χ2v) is 6.02. The first-order valence-corrected chi connectivity index (χ1v) is 7.36. The Balaban J connectivity index is 1.92. The number of nitro groups is 1. The van der Waals surface area contributed by atoms with E-state index in [2.05, 4.69) is 6.92 Å². The zero-order valence-electron chi connectivity index (χ0n) is 12.0. The maximum atomic E-state index is 12.8. The van der Waals surface area contributed by atoms with Crippen molar-refractivity contribution in [2.24, 2.45) is 5.92 Å². The van der Waals surface area contributed by atoms with Crippen molar-refractivity contribution in [3.05, 3.63) is 33.9 Å². The molecule has 0 aliphatic heterocycles. The zero-order valence-corrected chi connectivity index (χ0v) is 12.0. The van der Waals surface area contributed by atoms with E-state index in [1.807, 2.05) is 4.90 Å². The third kappa shape index (κ3) is 2.57. The van der Waals surface area contributed by atoms with Gasteiger partial charge < -0.3 is 10.6 Å². The molecule has 2 fully saturated rings. The van der Waals surface area contributed by atoms with Crippen molar-refractivity contribution >= 4 is 17.3 Å². The minimum atomic E-state index is -0.544. The van der Waals surface area contributed by atoms with Gasteiger partial charge in [0.05, 0.1) is 10.5 Å². The number of rotatable bonds is 5. The minimum Gasteiger partial charge on any atom is -0.393 e. The molecule has 6 nitrogen and oxygen atoms in total. The summed E-state index contributed by atoms with van der Waals surface area (Å²) in [6.45, 7) is 2.07. The largest absolute Gasteiger partial charge is 0.393 e. The van der Waals surface area contributed by atoms with Crippen molar-refractivity contribution in [3.8, 4) is 0 Å². The van der Waals surface area contributed by atoms with Crippen LogP contribution in [-0.4, -0.2) is 27.8 Å². The summed E-state index contributed by atoms with van der Waals surface area (Å²) in [5.74, 6) is 0.396. The summed E-state index contributed by atoms with van der Waals surface area (Å²) in [5, 5.41) is 11.0. The van der Waals surface area contributed by atoms with E-state index in [1.54, 1.807) is 6.07 Å². The number of anilines is 1. The zero-order chi connectivity index (χ0) is 15.1. The quantitative estimate of drug-likeness (QED) is 0.512. The van der Waals surface area contributed by atoms with E-state index in [0.29, 0.717) is 5.92 Å². The fourth-order valence-electron chi connectivity index (χ4n) is 2.88. The van der Waals surface area contributed by atoms with Crippen molar-refractivity contribution in [2.75, 3.05) is 5.73 Å². The lowest BCUT2D eigenvalue weighted by atomic mass is 10.1. The number of nitro benzene ring substituents is 1. The molecule has 0 heterocycles. The molecular weight excluding hydrogens is 270 g/mol. The monoisotopic (exact) mass is 289 g/mol. The lowest BCUT2D eigenvalue weighted by Crippen LogP contribution is -2.41. The number of benzene rings is 1. The number of hydrogen-bond acceptors (Lipinski definition) is 4. The highest BCUT2D eigenvalue weighted by molar-refractivity contribution is 6.01. The first kappa shape index (κ1) is 13.9. The molecule has 1 aromatic carbocycles. The maximum absolute atomic E-state index is 12.8. The lowest BCUT2D eigenvalue weighted by Gasteiger charge is -2.30. The lowest BCUT2D eigenvalue weighted by molar-refractivity contribution is -0.383. The molecule has 0 bridgehead atoms. The Morgan fingerprint density at radius 2 is 2.05 bits per heavy atom. The van der Waals surface area contributed by atoms with Gasteiger partial charge in [-0.3, -0.25) is 14.9 Å². The first-order chi connectivity index (χ1) is 10.0. The predicted octanol–water partition coefficient (Wildman–Crippen LogP) is 2.58. The Hall–Kier alpha value is -2.11. The van der Waals surface area contributed by atoms with E-state index in [0.717, 1.165) is 25.7 Å². The van der Waals surface area contributed by atoms with Gasteiger partial charge in [0.2, 0.25) is 0 Å². The summed E-state index contributed by atoms with van der Waals surface area (Å²) in [6.07, 6.45) is 4.33. The van der Waals surface area contributed by atoms with Gasteiger partial charge in [-0.2, -0.15) is 0 Å². The number of carbonyl (C=O) groups excluding carboxylic acids is 1. The van der Waals surface area contributed by atoms with Gasteiger partial charge >= 0.3 is 0 Å². The minimum absolute atomic E-state index is 0.0267. The standard InChI is InChI=1S/C15H19N3O3/c1-9(10-5-6-10)17(11-7-8-11)15(19)12-3-2-4-13(14(12)16)18(20)21/h2-4,9-11H,5-8,16H2,1H3. The molecule has 2 N–H and O–H groups in total. The van der Waals surface area contributed by atoms with E-state index < -0.39 is 4.92 Å². The number of nitrogens with zero attached hydrogens (tertiary/aromatic N) is 2. The van der Waals surface area contributed by atoms with Crippen LogP contribution in [0.1, 0.15) is 43.0 Å². The topological polar surface area (TPSA) is 89.5 Å². The van der Waals surface area contributed by atoms with Crippen LogP contribution in [0.4, 0.5) is 11.4 Å². The second kappa shape index (κ2) is 5.02. The van der Waals surface area contributed by atoms with Crippen LogP contribution in [0.2, 0.25) is 0 Å². The summed E-state index contributed by atoms with van der Waals surface area (Å²) in [4.78, 5) is 25.1. The van der Waals surface area contributed by atoms with Crippen LogP contribution in [0.5, 0.6) is 0 Å². The van der Waals surface area contributed by atoms with Gasteiger partial charge in [0.15, 0.2) is 0 Å². The molecular formula is C15H19N3O3. The fraction of sp³-hybridized carbons (Fsp3) is 0.533. The molecule has 21 heavy (non-hydrogen) atoms. The smallest absolute Gasteiger partial charge is 0.292 e. The normalized spacial score (nSPS) is 19.1. The van der Waals surface area contributed by atoms with Crippen molar-refractivity contribution in [3.63, 3.8) is 0 Å². The SMILES string of the molecule is CC(C1CC1)N(C(=O)c1cccc([N+](=O)[O-])c1N)C1CC1. The number of nitrogen functional groups attached to an aromatic ring is 1. The van der Waals surface area contributed by atoms with Crippen molar-refractivity contribution in [1.82, 2.24) is 4.90 Å². The van der Waals surface area contributed by atoms with Gasteiger partial charge in [0.1, 0.15) is 5.69 Å². The second-order valence-electron chi connectivity index (χ2n) is 6.02. The number of para-hydroxylation sites is 1. The predicted molar refractivity (Wildman–Crippen MR) is 78.9 cm³/mol. The molecule has 0 radical (unpaired) electrons. The average molecular weight is 289 g/mol. The van der Waals surface area contributed by atoms with E-state index in [1.165, 1.54) is 12.1 Å². The number of amides is 1. The summed E-state index contributed by atoms with van der Waals surface area (Å²) < 4.78 is 0. The van der Waals surface area contributed by atoms with Gasteiger partial charge in [0.25, 0.3) is 11.6 Å². The average Bonchev–Trinajstić information content (AvgIpc) is 3.30.